The van der Waals surface area contributed by atoms with Gasteiger partial charge in [0.2, 0.25) is 0 Å². The third-order valence-corrected chi connectivity index (χ3v) is 9.43. The molecule has 0 N–H and O–H groups in total. The minimum Gasteiger partial charge on any atom is -0.451 e. The van der Waals surface area contributed by atoms with Crippen molar-refractivity contribution in [1.82, 2.24) is 0 Å². The summed E-state index contributed by atoms with van der Waals surface area (Å²) in [6, 6.07) is 0. The first-order chi connectivity index (χ1) is 13.0. The van der Waals surface area contributed by atoms with Gasteiger partial charge in [0.05, 0.1) is 0 Å². The van der Waals surface area contributed by atoms with E-state index in [2.05, 4.69) is 25.7 Å². The van der Waals surface area contributed by atoms with Crippen LogP contribution >= 0.6 is 0 Å². The molecule has 4 saturated carbocycles. The fourth-order valence-corrected chi connectivity index (χ4v) is 8.46. The number of carbonyl (C=O) groups excluding carboxylic acids is 2. The highest BCUT2D eigenvalue weighted by Crippen LogP contribution is 2.78. The normalized spacial score (nSPS) is 54.6. The average Bonchev–Trinajstić information content (AvgIpc) is 3.29. The van der Waals surface area contributed by atoms with E-state index in [1.807, 2.05) is 6.08 Å². The highest BCUT2D eigenvalue weighted by atomic mass is 16.6. The molecule has 3 heteroatoms. The molecule has 3 nitrogen and oxygen atoms in total. The number of hydrogen-bond donors (Lipinski definition) is 0. The van der Waals surface area contributed by atoms with Crippen LogP contribution in [-0.4, -0.2) is 17.4 Å². The van der Waals surface area contributed by atoms with Crippen molar-refractivity contribution in [2.45, 2.75) is 51.0 Å². The molecule has 0 saturated heterocycles. The van der Waals surface area contributed by atoms with E-state index in [4.69, 9.17) is 4.74 Å². The third kappa shape index (κ3) is 1.84. The Hall–Kier alpha value is -1.64. The molecule has 0 radical (unpaired) electrons. The predicted octanol–water partition coefficient (Wildman–Crippen LogP) is 4.25. The lowest BCUT2D eigenvalue weighted by Crippen LogP contribution is -2.56. The van der Waals surface area contributed by atoms with Crippen LogP contribution in [0.3, 0.4) is 0 Å². The Kier molecular flexibility index (Phi) is 3.05. The molecular weight excluding hydrogens is 336 g/mol. The lowest BCUT2D eigenvalue weighted by molar-refractivity contribution is -0.169. The molecular formula is C24H28O3. The summed E-state index contributed by atoms with van der Waals surface area (Å²) in [5.41, 5.74) is 1.10. The highest BCUT2D eigenvalue weighted by Gasteiger charge is 2.78. The third-order valence-electron chi connectivity index (χ3n) is 9.43. The lowest BCUT2D eigenvalue weighted by atomic mass is 9.47. The van der Waals surface area contributed by atoms with Crippen molar-refractivity contribution in [2.24, 2.45) is 46.8 Å². The van der Waals surface area contributed by atoms with Crippen molar-refractivity contribution < 1.29 is 14.3 Å². The van der Waals surface area contributed by atoms with E-state index in [0.717, 1.165) is 19.3 Å². The maximum atomic E-state index is 12.0. The zero-order valence-electron chi connectivity index (χ0n) is 16.0. The van der Waals surface area contributed by atoms with Gasteiger partial charge in [-0.3, -0.25) is 4.79 Å². The van der Waals surface area contributed by atoms with E-state index in [9.17, 15) is 9.59 Å². The highest BCUT2D eigenvalue weighted by molar-refractivity contribution is 5.91. The molecule has 6 aliphatic rings. The minimum absolute atomic E-state index is 0.0530. The molecule has 0 bridgehead atoms. The Bertz CT molecular complexity index is 821. The average molecular weight is 364 g/mol. The molecule has 27 heavy (non-hydrogen) atoms. The fraction of sp³-hybridized carbons (Fsp3) is 0.667. The Morgan fingerprint density at radius 2 is 2.11 bits per heavy atom. The molecule has 4 fully saturated rings. The molecule has 3 unspecified atom stereocenters. The number of allylic oxidation sites excluding steroid dienone is 2. The van der Waals surface area contributed by atoms with Crippen molar-refractivity contribution in [2.75, 3.05) is 0 Å². The lowest BCUT2D eigenvalue weighted by Gasteiger charge is -2.58. The van der Waals surface area contributed by atoms with Crippen LogP contribution in [0.1, 0.15) is 45.4 Å². The van der Waals surface area contributed by atoms with Gasteiger partial charge in [-0.25, -0.2) is 4.79 Å². The molecule has 0 aromatic rings. The van der Waals surface area contributed by atoms with Crippen LogP contribution in [0.2, 0.25) is 0 Å². The second-order valence-corrected chi connectivity index (χ2v) is 10.2. The first-order valence-electron chi connectivity index (χ1n) is 10.8. The molecule has 1 spiro atoms. The summed E-state index contributed by atoms with van der Waals surface area (Å²) in [5, 5.41) is 0. The summed E-state index contributed by atoms with van der Waals surface area (Å²) in [4.78, 5) is 24.0. The topological polar surface area (TPSA) is 43.4 Å². The fourth-order valence-electron chi connectivity index (χ4n) is 8.46. The van der Waals surface area contributed by atoms with Gasteiger partial charge in [-0.1, -0.05) is 18.6 Å². The molecule has 5 aliphatic carbocycles. The van der Waals surface area contributed by atoms with Gasteiger partial charge in [0, 0.05) is 23.8 Å². The number of ketones is 1. The summed E-state index contributed by atoms with van der Waals surface area (Å²) >= 11 is 0. The van der Waals surface area contributed by atoms with Crippen LogP contribution in [0, 0.1) is 46.8 Å². The molecule has 142 valence electrons. The Morgan fingerprint density at radius 1 is 1.26 bits per heavy atom. The minimum atomic E-state index is -0.352. The van der Waals surface area contributed by atoms with Gasteiger partial charge >= 0.3 is 5.97 Å². The van der Waals surface area contributed by atoms with Gasteiger partial charge in [-0.15, -0.1) is 6.58 Å². The Balaban J connectivity index is 1.43. The van der Waals surface area contributed by atoms with E-state index in [1.165, 1.54) is 18.4 Å². The van der Waals surface area contributed by atoms with Crippen LogP contribution in [-0.2, 0) is 14.3 Å². The SMILES string of the molecule is C=C[C@@H]1CC2=CC(=O)CC[C@@H]2C2CC[C@@]3(C)C(C21)[C@@H]1C[C@@H]1[C@@]31C=CC(=O)O1. The van der Waals surface area contributed by atoms with Gasteiger partial charge in [0.1, 0.15) is 5.60 Å². The number of rotatable bonds is 1. The monoisotopic (exact) mass is 364 g/mol. The van der Waals surface area contributed by atoms with Gasteiger partial charge in [-0.05, 0) is 79.8 Å². The van der Waals surface area contributed by atoms with E-state index in [0.29, 0.717) is 53.6 Å². The van der Waals surface area contributed by atoms with Crippen molar-refractivity contribution in [3.63, 3.8) is 0 Å². The van der Waals surface area contributed by atoms with Gasteiger partial charge in [-0.2, -0.15) is 0 Å². The Labute approximate surface area is 160 Å². The summed E-state index contributed by atoms with van der Waals surface area (Å²) in [6.45, 7) is 6.60. The van der Waals surface area contributed by atoms with Crippen molar-refractivity contribution >= 4 is 11.8 Å². The number of ether oxygens (including phenoxy) is 1. The molecule has 0 aromatic carbocycles. The molecule has 1 heterocycles. The van der Waals surface area contributed by atoms with Crippen molar-refractivity contribution in [3.8, 4) is 0 Å². The number of esters is 1. The predicted molar refractivity (Wildman–Crippen MR) is 101 cm³/mol. The summed E-state index contributed by atoms with van der Waals surface area (Å²) in [5.74, 6) is 4.31. The molecule has 0 aromatic heterocycles. The van der Waals surface area contributed by atoms with Crippen LogP contribution in [0.15, 0.2) is 36.5 Å². The molecule has 1 aliphatic heterocycles. The van der Waals surface area contributed by atoms with E-state index >= 15 is 0 Å². The van der Waals surface area contributed by atoms with Crippen LogP contribution in [0.5, 0.6) is 0 Å². The number of fused-ring (bicyclic) bond motifs is 9. The second-order valence-electron chi connectivity index (χ2n) is 10.2. The maximum absolute atomic E-state index is 12.0. The first-order valence-corrected chi connectivity index (χ1v) is 10.8. The number of hydrogen-bond acceptors (Lipinski definition) is 3. The molecule has 0 amide bonds. The van der Waals surface area contributed by atoms with Crippen LogP contribution in [0.25, 0.3) is 0 Å². The summed E-state index contributed by atoms with van der Waals surface area (Å²) < 4.78 is 6.07. The van der Waals surface area contributed by atoms with Gasteiger partial charge in [0.15, 0.2) is 5.78 Å². The van der Waals surface area contributed by atoms with Crippen LogP contribution < -0.4 is 0 Å². The maximum Gasteiger partial charge on any atom is 0.331 e. The van der Waals surface area contributed by atoms with Gasteiger partial charge < -0.3 is 4.74 Å². The van der Waals surface area contributed by atoms with Crippen molar-refractivity contribution in [1.29, 1.82) is 0 Å². The zero-order valence-corrected chi connectivity index (χ0v) is 16.0. The van der Waals surface area contributed by atoms with E-state index in [1.54, 1.807) is 6.08 Å². The largest absolute Gasteiger partial charge is 0.451 e. The van der Waals surface area contributed by atoms with E-state index < -0.39 is 0 Å². The Morgan fingerprint density at radius 3 is 2.85 bits per heavy atom. The van der Waals surface area contributed by atoms with Crippen molar-refractivity contribution in [3.05, 3.63) is 36.5 Å². The second kappa shape index (κ2) is 5.04. The zero-order chi connectivity index (χ0) is 18.6. The van der Waals surface area contributed by atoms with Crippen LogP contribution in [0.4, 0.5) is 0 Å². The summed E-state index contributed by atoms with van der Waals surface area (Å²) in [6.07, 6.45) is 14.2. The summed E-state index contributed by atoms with van der Waals surface area (Å²) in [7, 11) is 0. The number of carbonyl (C=O) groups is 2. The van der Waals surface area contributed by atoms with E-state index in [-0.39, 0.29) is 17.0 Å². The standard InChI is InChI=1S/C24H28O3/c1-3-13-10-14-11-15(25)4-5-16(14)17-6-8-23(2)22(21(13)17)18-12-19(18)24(23)9-7-20(26)27-24/h3,7,9,11,13,16-19,21-22H,1,4-6,8,10,12H2,2H3/t13-,16+,17?,18-,19+,21?,22?,23+,24+/m1/s1. The van der Waals surface area contributed by atoms with Gasteiger partial charge in [0.25, 0.3) is 0 Å². The first kappa shape index (κ1) is 16.3. The molecule has 6 rings (SSSR count). The molecule has 9 atom stereocenters. The quantitative estimate of drug-likeness (QED) is 0.516. The smallest absolute Gasteiger partial charge is 0.331 e.